The minimum absolute atomic E-state index is 0.118. The second-order valence-electron chi connectivity index (χ2n) is 4.94. The summed E-state index contributed by atoms with van der Waals surface area (Å²) in [5, 5.41) is 7.89. The van der Waals surface area contributed by atoms with Crippen molar-refractivity contribution in [1.82, 2.24) is 0 Å². The molecule has 6 nitrogen and oxygen atoms in total. The molecule has 0 saturated heterocycles. The minimum atomic E-state index is -0.533. The van der Waals surface area contributed by atoms with Gasteiger partial charge in [0.05, 0.1) is 11.4 Å². The SMILES string of the molecule is O=c1cc/c(=N\Nc2ccccc2)c(=O)/c1=N\Nc1ccccc1. The van der Waals surface area contributed by atoms with E-state index in [2.05, 4.69) is 21.1 Å². The van der Waals surface area contributed by atoms with Crippen LogP contribution >= 0.6 is 0 Å². The number of benzene rings is 3. The molecule has 0 spiro atoms. The Kier molecular flexibility index (Phi) is 4.57. The second kappa shape index (κ2) is 7.15. The van der Waals surface area contributed by atoms with Crippen LogP contribution in [0.25, 0.3) is 0 Å². The molecular weight excluding hydrogens is 304 g/mol. The third-order valence-corrected chi connectivity index (χ3v) is 3.22. The van der Waals surface area contributed by atoms with Crippen molar-refractivity contribution in [1.29, 1.82) is 0 Å². The van der Waals surface area contributed by atoms with Gasteiger partial charge in [0.1, 0.15) is 5.36 Å². The van der Waals surface area contributed by atoms with Crippen LogP contribution in [0.3, 0.4) is 0 Å². The first kappa shape index (κ1) is 15.4. The van der Waals surface area contributed by atoms with Crippen LogP contribution in [0.1, 0.15) is 0 Å². The lowest BCUT2D eigenvalue weighted by Crippen LogP contribution is -2.47. The summed E-state index contributed by atoms with van der Waals surface area (Å²) in [4.78, 5) is 24.3. The van der Waals surface area contributed by atoms with Gasteiger partial charge in [-0.1, -0.05) is 36.4 Å². The molecule has 2 N–H and O–H groups in total. The van der Waals surface area contributed by atoms with E-state index >= 15 is 0 Å². The van der Waals surface area contributed by atoms with E-state index < -0.39 is 10.9 Å². The fourth-order valence-corrected chi connectivity index (χ4v) is 2.01. The first-order chi connectivity index (χ1) is 11.7. The van der Waals surface area contributed by atoms with Crippen molar-refractivity contribution in [3.63, 3.8) is 0 Å². The summed E-state index contributed by atoms with van der Waals surface area (Å²) in [6.45, 7) is 0. The number of hydrogen-bond donors (Lipinski definition) is 2. The normalized spacial score (nSPS) is 12.2. The van der Waals surface area contributed by atoms with Crippen LogP contribution < -0.4 is 32.4 Å². The average molecular weight is 318 g/mol. The molecule has 24 heavy (non-hydrogen) atoms. The predicted octanol–water partition coefficient (Wildman–Crippen LogP) is 1.14. The molecule has 0 aliphatic heterocycles. The number of rotatable bonds is 4. The lowest BCUT2D eigenvalue weighted by molar-refractivity contribution is 1.11. The topological polar surface area (TPSA) is 82.9 Å². The van der Waals surface area contributed by atoms with Crippen molar-refractivity contribution in [2.45, 2.75) is 0 Å². The third-order valence-electron chi connectivity index (χ3n) is 3.22. The molecule has 3 aromatic rings. The Morgan fingerprint density at radius 1 is 0.625 bits per heavy atom. The molecule has 0 aliphatic carbocycles. The zero-order chi connectivity index (χ0) is 16.8. The average Bonchev–Trinajstić information content (AvgIpc) is 2.63. The Hall–Kier alpha value is -3.54. The maximum atomic E-state index is 12.4. The molecule has 3 rings (SSSR count). The lowest BCUT2D eigenvalue weighted by atomic mass is 10.3. The summed E-state index contributed by atoms with van der Waals surface area (Å²) >= 11 is 0. The molecule has 0 aliphatic rings. The molecule has 0 bridgehead atoms. The lowest BCUT2D eigenvalue weighted by Gasteiger charge is -1.98. The van der Waals surface area contributed by atoms with Crippen LogP contribution in [0.4, 0.5) is 11.4 Å². The van der Waals surface area contributed by atoms with Gasteiger partial charge in [-0.25, -0.2) is 0 Å². The molecule has 0 radical (unpaired) electrons. The first-order valence-corrected chi connectivity index (χ1v) is 7.28. The van der Waals surface area contributed by atoms with Gasteiger partial charge in [0, 0.05) is 0 Å². The van der Waals surface area contributed by atoms with E-state index in [-0.39, 0.29) is 10.7 Å². The second-order valence-corrected chi connectivity index (χ2v) is 4.94. The van der Waals surface area contributed by atoms with Crippen LogP contribution in [0.15, 0.2) is 92.6 Å². The Morgan fingerprint density at radius 2 is 1.17 bits per heavy atom. The van der Waals surface area contributed by atoms with Gasteiger partial charge < -0.3 is 0 Å². The van der Waals surface area contributed by atoms with E-state index in [9.17, 15) is 9.59 Å². The highest BCUT2D eigenvalue weighted by Gasteiger charge is 2.01. The van der Waals surface area contributed by atoms with Gasteiger partial charge >= 0.3 is 0 Å². The van der Waals surface area contributed by atoms with E-state index in [4.69, 9.17) is 0 Å². The van der Waals surface area contributed by atoms with Crippen molar-refractivity contribution in [2.75, 3.05) is 10.9 Å². The van der Waals surface area contributed by atoms with Crippen molar-refractivity contribution >= 4 is 11.4 Å². The minimum Gasteiger partial charge on any atom is -0.287 e. The number of anilines is 2. The highest BCUT2D eigenvalue weighted by atomic mass is 16.1. The van der Waals surface area contributed by atoms with Crippen LogP contribution in [0.2, 0.25) is 0 Å². The summed E-state index contributed by atoms with van der Waals surface area (Å²) in [5.74, 6) is 0. The van der Waals surface area contributed by atoms with E-state index in [0.717, 1.165) is 5.69 Å². The summed E-state index contributed by atoms with van der Waals surface area (Å²) in [7, 11) is 0. The van der Waals surface area contributed by atoms with Crippen molar-refractivity contribution < 1.29 is 0 Å². The maximum absolute atomic E-state index is 12.4. The van der Waals surface area contributed by atoms with Crippen molar-refractivity contribution in [2.24, 2.45) is 10.2 Å². The van der Waals surface area contributed by atoms with E-state index in [1.807, 2.05) is 48.5 Å². The number of nitrogens with zero attached hydrogens (tertiary/aromatic N) is 2. The highest BCUT2D eigenvalue weighted by Crippen LogP contribution is 2.04. The third kappa shape index (κ3) is 3.61. The number of para-hydroxylation sites is 2. The van der Waals surface area contributed by atoms with Crippen LogP contribution in [0.5, 0.6) is 0 Å². The molecule has 3 aromatic carbocycles. The molecule has 0 amide bonds. The summed E-state index contributed by atoms with van der Waals surface area (Å²) in [6, 6.07) is 20.9. The largest absolute Gasteiger partial charge is 0.287 e. The fourth-order valence-electron chi connectivity index (χ4n) is 2.01. The van der Waals surface area contributed by atoms with Gasteiger partial charge in [0.25, 0.3) is 0 Å². The van der Waals surface area contributed by atoms with E-state index in [1.165, 1.54) is 12.1 Å². The summed E-state index contributed by atoms with van der Waals surface area (Å²) in [5.41, 5.74) is 5.92. The summed E-state index contributed by atoms with van der Waals surface area (Å²) in [6.07, 6.45) is 0. The molecule has 0 aromatic heterocycles. The molecule has 0 unspecified atom stereocenters. The zero-order valence-corrected chi connectivity index (χ0v) is 12.6. The van der Waals surface area contributed by atoms with Gasteiger partial charge in [0.2, 0.25) is 10.9 Å². The Balaban J connectivity index is 1.96. The molecule has 0 heterocycles. The van der Waals surface area contributed by atoms with Crippen LogP contribution in [-0.4, -0.2) is 0 Å². The molecule has 0 saturated carbocycles. The molecular formula is C18H14N4O2. The standard InChI is InChI=1S/C18H14N4O2/c23-16-12-11-15(21-19-13-7-3-1-4-8-13)18(24)17(16)22-20-14-9-5-2-6-10-14/h1-12,19-20H/b21-15+,22-17-. The zero-order valence-electron chi connectivity index (χ0n) is 12.6. The van der Waals surface area contributed by atoms with E-state index in [1.54, 1.807) is 12.1 Å². The summed E-state index contributed by atoms with van der Waals surface area (Å²) < 4.78 is 0. The Labute approximate surface area is 137 Å². The first-order valence-electron chi connectivity index (χ1n) is 7.28. The fraction of sp³-hybridized carbons (Fsp3) is 0. The van der Waals surface area contributed by atoms with Crippen molar-refractivity contribution in [3.05, 3.63) is 104 Å². The highest BCUT2D eigenvalue weighted by molar-refractivity contribution is 5.42. The molecule has 6 heteroatoms. The maximum Gasteiger partial charge on any atom is 0.237 e. The number of hydrogen-bond acceptors (Lipinski definition) is 6. The van der Waals surface area contributed by atoms with Gasteiger partial charge in [0.15, 0.2) is 5.36 Å². The van der Waals surface area contributed by atoms with Crippen LogP contribution in [0, 0.1) is 0 Å². The number of nitrogens with one attached hydrogen (secondary N) is 2. The van der Waals surface area contributed by atoms with Gasteiger partial charge in [-0.2, -0.15) is 10.2 Å². The molecule has 0 fully saturated rings. The van der Waals surface area contributed by atoms with Crippen molar-refractivity contribution in [3.8, 4) is 0 Å². The smallest absolute Gasteiger partial charge is 0.237 e. The molecule has 118 valence electrons. The van der Waals surface area contributed by atoms with Gasteiger partial charge in [-0.05, 0) is 36.4 Å². The Bertz CT molecular complexity index is 1040. The van der Waals surface area contributed by atoms with Crippen LogP contribution in [-0.2, 0) is 0 Å². The van der Waals surface area contributed by atoms with E-state index in [0.29, 0.717) is 5.69 Å². The molecule has 0 atom stereocenters. The van der Waals surface area contributed by atoms with Gasteiger partial charge in [-0.3, -0.25) is 20.4 Å². The predicted molar refractivity (Wildman–Crippen MR) is 92.6 cm³/mol. The monoisotopic (exact) mass is 318 g/mol. The van der Waals surface area contributed by atoms with Gasteiger partial charge in [-0.15, -0.1) is 0 Å². The Morgan fingerprint density at radius 3 is 1.75 bits per heavy atom. The quantitative estimate of drug-likeness (QED) is 0.707.